The average molecular weight is 621 g/mol. The van der Waals surface area contributed by atoms with Crippen molar-refractivity contribution in [2.24, 2.45) is 0 Å². The molecule has 4 N–H and O–H groups in total. The summed E-state index contributed by atoms with van der Waals surface area (Å²) in [6.07, 6.45) is -3.35. The summed E-state index contributed by atoms with van der Waals surface area (Å²) in [5, 5.41) is 9.63. The summed E-state index contributed by atoms with van der Waals surface area (Å²) in [6, 6.07) is 15.1. The first-order chi connectivity index (χ1) is 20.5. The van der Waals surface area contributed by atoms with Crippen molar-refractivity contribution in [3.8, 4) is 0 Å². The first kappa shape index (κ1) is 32.8. The van der Waals surface area contributed by atoms with E-state index in [1.165, 1.54) is 11.9 Å². The molecule has 43 heavy (non-hydrogen) atoms. The number of unbranched alkanes of at least 4 members (excludes halogenated alkanes) is 1. The van der Waals surface area contributed by atoms with E-state index >= 15 is 0 Å². The van der Waals surface area contributed by atoms with Crippen LogP contribution in [0.5, 0.6) is 0 Å². The highest BCUT2D eigenvalue weighted by Crippen LogP contribution is 2.18. The molecule has 0 aliphatic heterocycles. The number of rotatable bonds is 12. The number of likely N-dealkylation sites (N-methyl/N-ethyl adjacent to an activating group) is 1. The van der Waals surface area contributed by atoms with Crippen LogP contribution in [0.15, 0.2) is 60.8 Å². The van der Waals surface area contributed by atoms with Crippen molar-refractivity contribution in [3.05, 3.63) is 71.4 Å². The number of carbonyl (C=O) groups is 3. The fourth-order valence-electron chi connectivity index (χ4n) is 3.99. The Labute approximate surface area is 250 Å². The summed E-state index contributed by atoms with van der Waals surface area (Å²) in [4.78, 5) is 45.0. The van der Waals surface area contributed by atoms with E-state index in [1.54, 1.807) is 36.5 Å². The first-order valence-corrected chi connectivity index (χ1v) is 13.5. The molecule has 0 aliphatic carbocycles. The number of hydrogen-bond acceptors (Lipinski definition) is 6. The van der Waals surface area contributed by atoms with Gasteiger partial charge in [0.25, 0.3) is 0 Å². The number of carbonyl (C=O) groups excluding carboxylic acids is 3. The lowest BCUT2D eigenvalue weighted by Crippen LogP contribution is -2.46. The number of ether oxygens (including phenoxy) is 1. The van der Waals surface area contributed by atoms with Crippen LogP contribution in [0.2, 0.25) is 5.02 Å². The summed E-state index contributed by atoms with van der Waals surface area (Å²) in [5.74, 6) is -1.23. The Morgan fingerprint density at radius 3 is 2.47 bits per heavy atom. The maximum Gasteiger partial charge on any atom is 0.508 e. The first-order valence-electron chi connectivity index (χ1n) is 13.1. The SMILES string of the molecule is CN(C(=O)NCc1ccccc1Cl)[C@@H](CCCCNC(=O)C(=[N+]=N)C(F)(F)F)COC(=O)Nc1cc2ccccc2cn1. The zero-order valence-electron chi connectivity index (χ0n) is 23.1. The van der Waals surface area contributed by atoms with E-state index < -0.39 is 36.0 Å². The fraction of sp³-hybridized carbons (Fsp3) is 0.321. The number of pyridine rings is 1. The van der Waals surface area contributed by atoms with Crippen molar-refractivity contribution < 1.29 is 37.1 Å². The number of aromatic nitrogens is 1. The number of alkyl halides is 3. The highest BCUT2D eigenvalue weighted by molar-refractivity contribution is 6.38. The van der Waals surface area contributed by atoms with E-state index in [1.807, 2.05) is 24.3 Å². The summed E-state index contributed by atoms with van der Waals surface area (Å²) >= 11 is 6.16. The predicted octanol–water partition coefficient (Wildman–Crippen LogP) is 5.18. The molecule has 1 heterocycles. The van der Waals surface area contributed by atoms with Crippen LogP contribution in [-0.2, 0) is 16.1 Å². The number of halogens is 4. The van der Waals surface area contributed by atoms with Crippen molar-refractivity contribution in [2.45, 2.75) is 38.0 Å². The molecule has 3 aromatic rings. The zero-order valence-corrected chi connectivity index (χ0v) is 23.8. The van der Waals surface area contributed by atoms with E-state index in [9.17, 15) is 27.6 Å². The van der Waals surface area contributed by atoms with Gasteiger partial charge in [-0.05, 0) is 42.3 Å². The summed E-state index contributed by atoms with van der Waals surface area (Å²) in [6.45, 7) is -0.181. The number of anilines is 1. The van der Waals surface area contributed by atoms with Gasteiger partial charge in [0.1, 0.15) is 12.4 Å². The molecule has 228 valence electrons. The van der Waals surface area contributed by atoms with Gasteiger partial charge in [-0.25, -0.2) is 14.6 Å². The van der Waals surface area contributed by atoms with Crippen LogP contribution < -0.4 is 16.0 Å². The minimum atomic E-state index is -5.04. The largest absolute Gasteiger partial charge is 0.508 e. The van der Waals surface area contributed by atoms with Crippen molar-refractivity contribution >= 4 is 51.9 Å². The van der Waals surface area contributed by atoms with Gasteiger partial charge in [0.2, 0.25) is 0 Å². The Balaban J connectivity index is 1.58. The lowest BCUT2D eigenvalue weighted by molar-refractivity contribution is -0.173. The van der Waals surface area contributed by atoms with Crippen molar-refractivity contribution in [1.29, 1.82) is 5.53 Å². The molecule has 0 saturated heterocycles. The quantitative estimate of drug-likeness (QED) is 0.0953. The predicted molar refractivity (Wildman–Crippen MR) is 153 cm³/mol. The van der Waals surface area contributed by atoms with Gasteiger partial charge in [-0.3, -0.25) is 10.1 Å². The number of nitrogens with zero attached hydrogens (tertiary/aromatic N) is 3. The van der Waals surface area contributed by atoms with Gasteiger partial charge >= 0.3 is 29.9 Å². The third kappa shape index (κ3) is 9.97. The smallest absolute Gasteiger partial charge is 0.447 e. The molecule has 0 radical (unpaired) electrons. The normalized spacial score (nSPS) is 11.7. The van der Waals surface area contributed by atoms with Gasteiger partial charge in [0, 0.05) is 36.7 Å². The average Bonchev–Trinajstić information content (AvgIpc) is 2.97. The maximum atomic E-state index is 12.9. The molecule has 1 aromatic heterocycles. The van der Waals surface area contributed by atoms with E-state index in [4.69, 9.17) is 21.9 Å². The molecule has 1 atom stereocenters. The van der Waals surface area contributed by atoms with Gasteiger partial charge in [-0.2, -0.15) is 13.2 Å². The lowest BCUT2D eigenvalue weighted by atomic mass is 10.1. The van der Waals surface area contributed by atoms with E-state index in [0.29, 0.717) is 17.0 Å². The van der Waals surface area contributed by atoms with Crippen molar-refractivity contribution in [3.63, 3.8) is 0 Å². The third-order valence-electron chi connectivity index (χ3n) is 6.37. The molecule has 0 bridgehead atoms. The molecule has 0 saturated carbocycles. The molecular weight excluding hydrogens is 591 g/mol. The van der Waals surface area contributed by atoms with Gasteiger partial charge in [-0.15, -0.1) is 0 Å². The third-order valence-corrected chi connectivity index (χ3v) is 6.74. The molecular formula is C28H30ClF3N7O4+. The van der Waals surface area contributed by atoms with Crippen molar-refractivity contribution in [2.75, 3.05) is 25.5 Å². The van der Waals surface area contributed by atoms with Gasteiger partial charge in [0.05, 0.1) is 16.4 Å². The molecule has 0 unspecified atom stereocenters. The summed E-state index contributed by atoms with van der Waals surface area (Å²) < 4.78 is 43.6. The standard InChI is InChI=1S/C28H29ClF3N7O4/c1-39(26(41)36-16-20-10-4-5-12-22(20)29)21(11-6-7-13-34-25(40)24(38-33)28(30,31)32)17-43-27(42)37-23-14-18-8-2-3-9-19(18)15-35-23/h2-5,8-10,12,14-15,21,33H,6-7,11,13,16-17H2,1H3,(H2-,34,35,36,37,40,41,42)/p+1/t21-/m0/s1. The van der Waals surface area contributed by atoms with Gasteiger partial charge in [0.15, 0.2) is 0 Å². The molecule has 11 nitrogen and oxygen atoms in total. The second-order valence-corrected chi connectivity index (χ2v) is 9.77. The Morgan fingerprint density at radius 1 is 1.07 bits per heavy atom. The van der Waals surface area contributed by atoms with E-state index in [-0.39, 0.29) is 38.4 Å². The molecule has 0 spiro atoms. The number of urea groups is 1. The van der Waals surface area contributed by atoms with Gasteiger partial charge in [-0.1, -0.05) is 54.1 Å². The molecule has 4 amide bonds. The minimum absolute atomic E-state index is 0.127. The molecule has 15 heteroatoms. The highest BCUT2D eigenvalue weighted by Gasteiger charge is 2.51. The molecule has 2 aromatic carbocycles. The maximum absolute atomic E-state index is 12.9. The van der Waals surface area contributed by atoms with Crippen LogP contribution in [0.4, 0.5) is 28.6 Å². The lowest BCUT2D eigenvalue weighted by Gasteiger charge is -2.28. The number of hydrogen-bond donors (Lipinski definition) is 4. The molecule has 3 rings (SSSR count). The number of nitrogens with one attached hydrogen (secondary N) is 4. The molecule has 0 aliphatic rings. The molecule has 0 fully saturated rings. The summed E-state index contributed by atoms with van der Waals surface area (Å²) in [5.41, 5.74) is 5.45. The van der Waals surface area contributed by atoms with Crippen LogP contribution in [0, 0.1) is 5.53 Å². The number of fused-ring (bicyclic) bond motifs is 1. The fourth-order valence-corrected chi connectivity index (χ4v) is 4.19. The van der Waals surface area contributed by atoms with Crippen LogP contribution in [0.25, 0.3) is 10.8 Å². The Hall–Kier alpha value is -4.68. The van der Waals surface area contributed by atoms with Crippen LogP contribution in [0.3, 0.4) is 0 Å². The van der Waals surface area contributed by atoms with Gasteiger partial charge < -0.3 is 20.3 Å². The van der Waals surface area contributed by atoms with E-state index in [0.717, 1.165) is 10.8 Å². The van der Waals surface area contributed by atoms with E-state index in [2.05, 4.69) is 25.7 Å². The van der Waals surface area contributed by atoms with Crippen molar-refractivity contribution in [1.82, 2.24) is 20.5 Å². The van der Waals surface area contributed by atoms with Crippen LogP contribution >= 0.6 is 11.6 Å². The Bertz CT molecular complexity index is 1500. The second-order valence-electron chi connectivity index (χ2n) is 9.36. The monoisotopic (exact) mass is 620 g/mol. The number of benzene rings is 2. The zero-order chi connectivity index (χ0) is 31.4. The topological polar surface area (TPSA) is 151 Å². The van der Waals surface area contributed by atoms with Crippen LogP contribution in [-0.4, -0.2) is 70.8 Å². The minimum Gasteiger partial charge on any atom is -0.447 e. The Morgan fingerprint density at radius 2 is 1.77 bits per heavy atom. The van der Waals surface area contributed by atoms with Crippen LogP contribution in [0.1, 0.15) is 24.8 Å². The Kier molecular flexibility index (Phi) is 11.8. The highest BCUT2D eigenvalue weighted by atomic mass is 35.5. The summed E-state index contributed by atoms with van der Waals surface area (Å²) in [7, 11) is 1.51. The number of amides is 4. The second kappa shape index (κ2) is 15.5.